The third-order valence-electron chi connectivity index (χ3n) is 2.78. The number of aldehydes is 1. The zero-order valence-electron chi connectivity index (χ0n) is 11.1. The summed E-state index contributed by atoms with van der Waals surface area (Å²) in [7, 11) is 0. The molecular formula is C14H18O4. The molecule has 0 aliphatic rings. The summed E-state index contributed by atoms with van der Waals surface area (Å²) in [5.74, 6) is -0.253. The molecule has 0 atom stereocenters. The summed E-state index contributed by atoms with van der Waals surface area (Å²) in [6.45, 7) is 6.98. The maximum absolute atomic E-state index is 11.0. The Morgan fingerprint density at radius 2 is 1.83 bits per heavy atom. The summed E-state index contributed by atoms with van der Waals surface area (Å²) in [5.41, 5.74) is 1.31. The van der Waals surface area contributed by atoms with Crippen molar-refractivity contribution in [3.63, 3.8) is 0 Å². The molecule has 0 saturated carbocycles. The van der Waals surface area contributed by atoms with Crippen molar-refractivity contribution in [2.75, 3.05) is 6.61 Å². The van der Waals surface area contributed by atoms with E-state index in [2.05, 4.69) is 0 Å². The van der Waals surface area contributed by atoms with Crippen molar-refractivity contribution in [1.82, 2.24) is 0 Å². The van der Waals surface area contributed by atoms with Crippen LogP contribution in [0.1, 0.15) is 35.3 Å². The second-order valence-corrected chi connectivity index (χ2v) is 5.08. The van der Waals surface area contributed by atoms with Crippen molar-refractivity contribution in [3.8, 4) is 5.75 Å². The van der Waals surface area contributed by atoms with Gasteiger partial charge in [-0.05, 0) is 51.0 Å². The molecule has 0 bridgehead atoms. The van der Waals surface area contributed by atoms with Crippen molar-refractivity contribution in [3.05, 3.63) is 28.8 Å². The quantitative estimate of drug-likeness (QED) is 0.816. The molecule has 1 aromatic rings. The highest BCUT2D eigenvalue weighted by atomic mass is 16.5. The predicted molar refractivity (Wildman–Crippen MR) is 68.2 cm³/mol. The third-order valence-corrected chi connectivity index (χ3v) is 2.78. The van der Waals surface area contributed by atoms with Crippen molar-refractivity contribution >= 4 is 12.3 Å². The Balaban J connectivity index is 2.93. The maximum atomic E-state index is 11.0. The van der Waals surface area contributed by atoms with Crippen LogP contribution in [0.25, 0.3) is 0 Å². The van der Waals surface area contributed by atoms with Crippen LogP contribution in [0.3, 0.4) is 0 Å². The molecule has 0 heterocycles. The molecule has 0 aliphatic carbocycles. The van der Waals surface area contributed by atoms with Crippen LogP contribution in [-0.4, -0.2) is 24.0 Å². The molecule has 98 valence electrons. The summed E-state index contributed by atoms with van der Waals surface area (Å²) >= 11 is 0. The van der Waals surface area contributed by atoms with Crippen molar-refractivity contribution < 1.29 is 19.4 Å². The normalized spacial score (nSPS) is 11.1. The molecule has 0 aromatic heterocycles. The highest BCUT2D eigenvalue weighted by Gasteiger charge is 2.28. The smallest absolute Gasteiger partial charge is 0.312 e. The largest absolute Gasteiger partial charge is 0.492 e. The maximum Gasteiger partial charge on any atom is 0.312 e. The second-order valence-electron chi connectivity index (χ2n) is 5.08. The minimum absolute atomic E-state index is 0.0877. The van der Waals surface area contributed by atoms with E-state index in [0.717, 1.165) is 17.4 Å². The molecule has 4 heteroatoms. The number of benzene rings is 1. The summed E-state index contributed by atoms with van der Waals surface area (Å²) in [5, 5.41) is 9.01. The van der Waals surface area contributed by atoms with Crippen LogP contribution >= 0.6 is 0 Å². The van der Waals surface area contributed by atoms with Crippen molar-refractivity contribution in [2.24, 2.45) is 5.41 Å². The van der Waals surface area contributed by atoms with Crippen molar-refractivity contribution in [2.45, 2.75) is 27.7 Å². The van der Waals surface area contributed by atoms with Crippen LogP contribution in [0.15, 0.2) is 12.1 Å². The van der Waals surface area contributed by atoms with E-state index in [1.807, 2.05) is 13.8 Å². The van der Waals surface area contributed by atoms with Crippen LogP contribution in [0.2, 0.25) is 0 Å². The van der Waals surface area contributed by atoms with Gasteiger partial charge in [0.2, 0.25) is 0 Å². The average molecular weight is 250 g/mol. The minimum Gasteiger partial charge on any atom is -0.492 e. The molecule has 0 aliphatic heterocycles. The Morgan fingerprint density at radius 3 is 2.22 bits per heavy atom. The molecule has 4 nitrogen and oxygen atoms in total. The topological polar surface area (TPSA) is 63.6 Å². The number of ether oxygens (including phenoxy) is 1. The first-order valence-electron chi connectivity index (χ1n) is 5.70. The van der Waals surface area contributed by atoms with Gasteiger partial charge < -0.3 is 9.84 Å². The fourth-order valence-corrected chi connectivity index (χ4v) is 1.59. The lowest BCUT2D eigenvalue weighted by Crippen LogP contribution is -2.31. The molecule has 0 amide bonds. The number of aliphatic carboxylic acids is 1. The molecule has 0 spiro atoms. The third kappa shape index (κ3) is 3.09. The molecule has 1 N–H and O–H groups in total. The Hall–Kier alpha value is -1.84. The van der Waals surface area contributed by atoms with Crippen LogP contribution in [0.5, 0.6) is 5.75 Å². The molecule has 0 radical (unpaired) electrons. The first kappa shape index (κ1) is 14.2. The lowest BCUT2D eigenvalue weighted by atomic mass is 9.95. The summed E-state index contributed by atoms with van der Waals surface area (Å²) in [4.78, 5) is 21.7. The van der Waals surface area contributed by atoms with Gasteiger partial charge in [-0.15, -0.1) is 0 Å². The molecule has 0 saturated heterocycles. The van der Waals surface area contributed by atoms with Crippen LogP contribution in [0, 0.1) is 19.3 Å². The standard InChI is InChI=1S/C14H18O4/c1-9-5-11(7-15)6-10(2)12(9)18-8-14(3,4)13(16)17/h5-7H,8H2,1-4H3,(H,16,17). The monoisotopic (exact) mass is 250 g/mol. The fraction of sp³-hybridized carbons (Fsp3) is 0.429. The number of rotatable bonds is 5. The van der Waals surface area contributed by atoms with Gasteiger partial charge in [0, 0.05) is 5.56 Å². The molecule has 18 heavy (non-hydrogen) atoms. The number of carboxylic acid groups (broad SMARTS) is 1. The van der Waals surface area contributed by atoms with Gasteiger partial charge in [-0.25, -0.2) is 0 Å². The zero-order valence-corrected chi connectivity index (χ0v) is 11.1. The first-order valence-corrected chi connectivity index (χ1v) is 5.70. The molecule has 0 unspecified atom stereocenters. The minimum atomic E-state index is -0.942. The zero-order chi connectivity index (χ0) is 13.9. The Bertz CT molecular complexity index is 452. The number of carbonyl (C=O) groups is 2. The van der Waals surface area contributed by atoms with Gasteiger partial charge in [-0.2, -0.15) is 0 Å². The summed E-state index contributed by atoms with van der Waals surface area (Å²) in [6.07, 6.45) is 0.783. The lowest BCUT2D eigenvalue weighted by molar-refractivity contribution is -0.148. The first-order chi connectivity index (χ1) is 8.27. The number of aryl methyl sites for hydroxylation is 2. The van der Waals surface area contributed by atoms with Gasteiger partial charge in [0.25, 0.3) is 0 Å². The Kier molecular flexibility index (Phi) is 4.11. The van der Waals surface area contributed by atoms with Crippen molar-refractivity contribution in [1.29, 1.82) is 0 Å². The van der Waals surface area contributed by atoms with Gasteiger partial charge in [0.05, 0.1) is 5.41 Å². The van der Waals surface area contributed by atoms with E-state index < -0.39 is 11.4 Å². The van der Waals surface area contributed by atoms with Gasteiger partial charge >= 0.3 is 5.97 Å². The second kappa shape index (κ2) is 5.21. The van der Waals surface area contributed by atoms with Gasteiger partial charge in [0.1, 0.15) is 18.6 Å². The Morgan fingerprint density at radius 1 is 1.33 bits per heavy atom. The highest BCUT2D eigenvalue weighted by molar-refractivity contribution is 5.76. The van der Waals surface area contributed by atoms with E-state index in [9.17, 15) is 9.59 Å². The van der Waals surface area contributed by atoms with E-state index in [4.69, 9.17) is 9.84 Å². The predicted octanol–water partition coefficient (Wildman–Crippen LogP) is 2.61. The van der Waals surface area contributed by atoms with E-state index in [1.54, 1.807) is 26.0 Å². The van der Waals surface area contributed by atoms with Crippen LogP contribution in [-0.2, 0) is 4.79 Å². The van der Waals surface area contributed by atoms with E-state index in [1.165, 1.54) is 0 Å². The number of carbonyl (C=O) groups excluding carboxylic acids is 1. The molecule has 0 fully saturated rings. The van der Waals surface area contributed by atoms with Gasteiger partial charge in [-0.3, -0.25) is 9.59 Å². The number of carboxylic acids is 1. The average Bonchev–Trinajstić information content (AvgIpc) is 2.27. The van der Waals surface area contributed by atoms with Crippen LogP contribution < -0.4 is 4.74 Å². The number of hydrogen-bond acceptors (Lipinski definition) is 3. The summed E-state index contributed by atoms with van der Waals surface area (Å²) in [6, 6.07) is 3.45. The fourth-order valence-electron chi connectivity index (χ4n) is 1.59. The summed E-state index contributed by atoms with van der Waals surface area (Å²) < 4.78 is 5.60. The number of hydrogen-bond donors (Lipinski definition) is 1. The van der Waals surface area contributed by atoms with E-state index in [0.29, 0.717) is 11.3 Å². The Labute approximate surface area is 107 Å². The molecule has 1 aromatic carbocycles. The lowest BCUT2D eigenvalue weighted by Gasteiger charge is -2.21. The van der Waals surface area contributed by atoms with Gasteiger partial charge in [-0.1, -0.05) is 0 Å². The van der Waals surface area contributed by atoms with E-state index >= 15 is 0 Å². The highest BCUT2D eigenvalue weighted by Crippen LogP contribution is 2.26. The SMILES string of the molecule is Cc1cc(C=O)cc(C)c1OCC(C)(C)C(=O)O. The molecular weight excluding hydrogens is 232 g/mol. The van der Waals surface area contributed by atoms with Gasteiger partial charge in [0.15, 0.2) is 0 Å². The molecule has 1 rings (SSSR count). The van der Waals surface area contributed by atoms with E-state index in [-0.39, 0.29) is 6.61 Å². The van der Waals surface area contributed by atoms with Crippen LogP contribution in [0.4, 0.5) is 0 Å².